The fraction of sp³-hybridized carbons (Fsp3) is 0.143. The second kappa shape index (κ2) is 3.56. The van der Waals surface area contributed by atoms with Crippen LogP contribution >= 0.6 is 0 Å². The Bertz CT molecular complexity index is 286. The van der Waals surface area contributed by atoms with E-state index in [0.717, 1.165) is 0 Å². The van der Waals surface area contributed by atoms with Crippen LogP contribution < -0.4 is 9.47 Å². The molecular formula is C7H7NO4. The van der Waals surface area contributed by atoms with Gasteiger partial charge in [0.25, 0.3) is 0 Å². The molecule has 5 nitrogen and oxygen atoms in total. The van der Waals surface area contributed by atoms with Gasteiger partial charge >= 0.3 is 6.16 Å². The number of nitrogens with zero attached hydrogens (tertiary/aromatic N) is 1. The van der Waals surface area contributed by atoms with Gasteiger partial charge in [0.05, 0.1) is 7.11 Å². The summed E-state index contributed by atoms with van der Waals surface area (Å²) in [6, 6.07) is 4.61. The Balaban J connectivity index is 2.79. The number of ether oxygens (including phenoxy) is 2. The number of hydrogen-bond acceptors (Lipinski definition) is 4. The van der Waals surface area contributed by atoms with E-state index in [0.29, 0.717) is 5.88 Å². The lowest BCUT2D eigenvalue weighted by Crippen LogP contribution is -2.04. The van der Waals surface area contributed by atoms with Crippen molar-refractivity contribution in [2.45, 2.75) is 0 Å². The average Bonchev–Trinajstić information content (AvgIpc) is 2.03. The SMILES string of the molecule is COc1cccc(OC(=O)O)n1. The van der Waals surface area contributed by atoms with E-state index >= 15 is 0 Å². The molecule has 0 spiro atoms. The summed E-state index contributed by atoms with van der Waals surface area (Å²) in [5.41, 5.74) is 0. The molecule has 0 saturated carbocycles. The molecule has 1 rings (SSSR count). The molecule has 0 unspecified atom stereocenters. The number of pyridine rings is 1. The molecule has 0 radical (unpaired) electrons. The maximum Gasteiger partial charge on any atom is 0.512 e. The molecule has 0 bridgehead atoms. The van der Waals surface area contributed by atoms with Crippen LogP contribution in [0.25, 0.3) is 0 Å². The zero-order valence-electron chi connectivity index (χ0n) is 6.35. The molecule has 0 saturated heterocycles. The first-order valence-corrected chi connectivity index (χ1v) is 3.14. The van der Waals surface area contributed by atoms with Crippen LogP contribution in [0.15, 0.2) is 18.2 Å². The van der Waals surface area contributed by atoms with Crippen molar-refractivity contribution in [1.29, 1.82) is 0 Å². The van der Waals surface area contributed by atoms with Crippen LogP contribution in [-0.4, -0.2) is 23.4 Å². The van der Waals surface area contributed by atoms with E-state index in [4.69, 9.17) is 9.84 Å². The van der Waals surface area contributed by atoms with Gasteiger partial charge in [-0.25, -0.2) is 4.79 Å². The summed E-state index contributed by atoms with van der Waals surface area (Å²) in [5.74, 6) is 0.315. The first-order valence-electron chi connectivity index (χ1n) is 3.14. The van der Waals surface area contributed by atoms with Crippen molar-refractivity contribution in [1.82, 2.24) is 4.98 Å². The Morgan fingerprint density at radius 2 is 2.17 bits per heavy atom. The number of aromatic nitrogens is 1. The summed E-state index contributed by atoms with van der Waals surface area (Å²) in [6.07, 6.45) is -1.39. The maximum atomic E-state index is 10.1. The second-order valence-corrected chi connectivity index (χ2v) is 1.89. The fourth-order valence-electron chi connectivity index (χ4n) is 0.656. The third-order valence-corrected chi connectivity index (χ3v) is 1.10. The Morgan fingerprint density at radius 1 is 1.50 bits per heavy atom. The first-order chi connectivity index (χ1) is 5.72. The molecule has 0 aliphatic heterocycles. The Hall–Kier alpha value is -1.78. The van der Waals surface area contributed by atoms with Crippen molar-refractivity contribution in [3.8, 4) is 11.8 Å². The van der Waals surface area contributed by atoms with Crippen LogP contribution in [0.3, 0.4) is 0 Å². The lowest BCUT2D eigenvalue weighted by molar-refractivity contribution is 0.142. The van der Waals surface area contributed by atoms with Crippen molar-refractivity contribution in [3.63, 3.8) is 0 Å². The molecule has 0 aliphatic carbocycles. The zero-order chi connectivity index (χ0) is 8.97. The maximum absolute atomic E-state index is 10.1. The predicted molar refractivity (Wildman–Crippen MR) is 39.4 cm³/mol. The molecule has 0 aliphatic rings. The predicted octanol–water partition coefficient (Wildman–Crippen LogP) is 1.15. The highest BCUT2D eigenvalue weighted by molar-refractivity contribution is 5.60. The summed E-state index contributed by atoms with van der Waals surface area (Å²) >= 11 is 0. The molecule has 1 N–H and O–H groups in total. The molecule has 1 aromatic rings. The lowest BCUT2D eigenvalue weighted by Gasteiger charge is -2.00. The van der Waals surface area contributed by atoms with Crippen molar-refractivity contribution >= 4 is 6.16 Å². The van der Waals surface area contributed by atoms with Gasteiger partial charge in [-0.3, -0.25) is 0 Å². The van der Waals surface area contributed by atoms with Crippen LogP contribution in [0.2, 0.25) is 0 Å². The molecule has 1 aromatic heterocycles. The van der Waals surface area contributed by atoms with E-state index in [1.807, 2.05) is 0 Å². The average molecular weight is 169 g/mol. The quantitative estimate of drug-likeness (QED) is 0.672. The van der Waals surface area contributed by atoms with Gasteiger partial charge in [-0.05, 0) is 0 Å². The lowest BCUT2D eigenvalue weighted by atomic mass is 10.5. The third-order valence-electron chi connectivity index (χ3n) is 1.10. The summed E-state index contributed by atoms with van der Waals surface area (Å²) in [4.78, 5) is 13.8. The molecule has 0 amide bonds. The van der Waals surface area contributed by atoms with Crippen molar-refractivity contribution in [2.75, 3.05) is 7.11 Å². The van der Waals surface area contributed by atoms with Gasteiger partial charge in [0.2, 0.25) is 11.8 Å². The molecule has 12 heavy (non-hydrogen) atoms. The van der Waals surface area contributed by atoms with Crippen LogP contribution in [0.5, 0.6) is 11.8 Å². The van der Waals surface area contributed by atoms with E-state index in [1.54, 1.807) is 12.1 Å². The summed E-state index contributed by atoms with van der Waals surface area (Å²) < 4.78 is 9.03. The Morgan fingerprint density at radius 3 is 2.75 bits per heavy atom. The summed E-state index contributed by atoms with van der Waals surface area (Å²) in [7, 11) is 1.44. The fourth-order valence-corrected chi connectivity index (χ4v) is 0.656. The summed E-state index contributed by atoms with van der Waals surface area (Å²) in [6.45, 7) is 0. The number of methoxy groups -OCH3 is 1. The van der Waals surface area contributed by atoms with Crippen molar-refractivity contribution in [2.24, 2.45) is 0 Å². The molecule has 1 heterocycles. The van der Waals surface area contributed by atoms with E-state index in [2.05, 4.69) is 9.72 Å². The van der Waals surface area contributed by atoms with E-state index in [9.17, 15) is 4.79 Å². The highest BCUT2D eigenvalue weighted by Crippen LogP contribution is 2.12. The number of carboxylic acid groups (broad SMARTS) is 1. The second-order valence-electron chi connectivity index (χ2n) is 1.89. The molecule has 0 fully saturated rings. The minimum Gasteiger partial charge on any atom is -0.481 e. The van der Waals surface area contributed by atoms with Crippen molar-refractivity contribution < 1.29 is 19.4 Å². The van der Waals surface area contributed by atoms with Gasteiger partial charge in [-0.15, -0.1) is 0 Å². The monoisotopic (exact) mass is 169 g/mol. The number of carbonyl (C=O) groups is 1. The van der Waals surface area contributed by atoms with Gasteiger partial charge in [0.1, 0.15) is 0 Å². The van der Waals surface area contributed by atoms with E-state index in [-0.39, 0.29) is 5.88 Å². The van der Waals surface area contributed by atoms with Gasteiger partial charge in [-0.2, -0.15) is 4.98 Å². The van der Waals surface area contributed by atoms with Crippen molar-refractivity contribution in [3.05, 3.63) is 18.2 Å². The van der Waals surface area contributed by atoms with Gasteiger partial charge in [-0.1, -0.05) is 6.07 Å². The number of hydrogen-bond donors (Lipinski definition) is 1. The standard InChI is InChI=1S/C7H7NO4/c1-11-5-3-2-4-6(8-5)12-7(9)10/h2-4H,1H3,(H,9,10). The largest absolute Gasteiger partial charge is 0.512 e. The van der Waals surface area contributed by atoms with E-state index in [1.165, 1.54) is 13.2 Å². The Labute approximate surface area is 68.6 Å². The van der Waals surface area contributed by atoms with Gasteiger partial charge in [0, 0.05) is 12.1 Å². The van der Waals surface area contributed by atoms with Crippen LogP contribution in [-0.2, 0) is 0 Å². The van der Waals surface area contributed by atoms with E-state index < -0.39 is 6.16 Å². The molecule has 64 valence electrons. The normalized spacial score (nSPS) is 9.08. The highest BCUT2D eigenvalue weighted by atomic mass is 16.7. The highest BCUT2D eigenvalue weighted by Gasteiger charge is 2.02. The molecule has 0 aromatic carbocycles. The van der Waals surface area contributed by atoms with Crippen LogP contribution in [0.4, 0.5) is 4.79 Å². The van der Waals surface area contributed by atoms with Crippen LogP contribution in [0, 0.1) is 0 Å². The summed E-state index contributed by atoms with van der Waals surface area (Å²) in [5, 5.41) is 8.23. The smallest absolute Gasteiger partial charge is 0.481 e. The Kier molecular flexibility index (Phi) is 2.47. The minimum atomic E-state index is -1.39. The number of rotatable bonds is 2. The topological polar surface area (TPSA) is 68.7 Å². The molecule has 0 atom stereocenters. The molecule has 5 heteroatoms. The zero-order valence-corrected chi connectivity index (χ0v) is 6.35. The molecular weight excluding hydrogens is 162 g/mol. The minimum absolute atomic E-state index is 0.00171. The third kappa shape index (κ3) is 2.12. The van der Waals surface area contributed by atoms with Gasteiger partial charge < -0.3 is 14.6 Å². The van der Waals surface area contributed by atoms with Gasteiger partial charge in [0.15, 0.2) is 0 Å². The van der Waals surface area contributed by atoms with Crippen LogP contribution in [0.1, 0.15) is 0 Å². The first kappa shape index (κ1) is 8.32.